The summed E-state index contributed by atoms with van der Waals surface area (Å²) in [4.78, 5) is 21.6. The Morgan fingerprint density at radius 1 is 1.00 bits per heavy atom. The number of ether oxygens (including phenoxy) is 1. The maximum absolute atomic E-state index is 10.9. The van der Waals surface area contributed by atoms with Crippen LogP contribution in [0.5, 0.6) is 5.75 Å². The van der Waals surface area contributed by atoms with Crippen LogP contribution >= 0.6 is 0 Å². The van der Waals surface area contributed by atoms with Gasteiger partial charge >= 0.3 is 5.97 Å². The number of carbonyl (C=O) groups is 2. The van der Waals surface area contributed by atoms with E-state index in [1.807, 2.05) is 19.1 Å². The minimum absolute atomic E-state index is 0.141. The van der Waals surface area contributed by atoms with Gasteiger partial charge in [-0.25, -0.2) is 0 Å². The smallest absolute Gasteiger partial charge is 0.308 e. The number of hydrogen-bond acceptors (Lipinski definition) is 4. The second-order valence-corrected chi connectivity index (χ2v) is 4.44. The van der Waals surface area contributed by atoms with Crippen molar-refractivity contribution in [2.75, 3.05) is 0 Å². The Bertz CT molecular complexity index is 657. The SMILES string of the molecule is CC(=O)Oc1ccc(-c2ccc(C(=O)[O-])cc2)cc1C. The summed E-state index contributed by atoms with van der Waals surface area (Å²) in [5.74, 6) is -1.04. The van der Waals surface area contributed by atoms with Crippen molar-refractivity contribution in [3.8, 4) is 16.9 Å². The highest BCUT2D eigenvalue weighted by Gasteiger charge is 2.05. The monoisotopic (exact) mass is 269 g/mol. The van der Waals surface area contributed by atoms with E-state index in [-0.39, 0.29) is 11.5 Å². The van der Waals surface area contributed by atoms with Gasteiger partial charge in [0.1, 0.15) is 5.75 Å². The molecule has 0 aromatic heterocycles. The molecule has 0 unspecified atom stereocenters. The Labute approximate surface area is 116 Å². The van der Waals surface area contributed by atoms with Crippen molar-refractivity contribution in [3.05, 3.63) is 53.6 Å². The molecule has 0 amide bonds. The zero-order chi connectivity index (χ0) is 14.7. The Morgan fingerprint density at radius 3 is 2.10 bits per heavy atom. The Hall–Kier alpha value is -2.62. The van der Waals surface area contributed by atoms with Crippen molar-refractivity contribution in [1.82, 2.24) is 0 Å². The molecule has 0 atom stereocenters. The van der Waals surface area contributed by atoms with Crippen molar-refractivity contribution in [1.29, 1.82) is 0 Å². The van der Waals surface area contributed by atoms with Crippen LogP contribution in [0.1, 0.15) is 22.8 Å². The van der Waals surface area contributed by atoms with Gasteiger partial charge < -0.3 is 14.6 Å². The lowest BCUT2D eigenvalue weighted by atomic mass is 10.0. The molecule has 0 saturated carbocycles. The van der Waals surface area contributed by atoms with Crippen molar-refractivity contribution in [3.63, 3.8) is 0 Å². The zero-order valence-electron chi connectivity index (χ0n) is 11.2. The molecule has 0 radical (unpaired) electrons. The van der Waals surface area contributed by atoms with Crippen LogP contribution in [0.2, 0.25) is 0 Å². The summed E-state index contributed by atoms with van der Waals surface area (Å²) in [6.07, 6.45) is 0. The maximum atomic E-state index is 10.9. The van der Waals surface area contributed by atoms with Gasteiger partial charge in [0.25, 0.3) is 0 Å². The van der Waals surface area contributed by atoms with Crippen LogP contribution in [-0.2, 0) is 4.79 Å². The number of benzene rings is 2. The quantitative estimate of drug-likeness (QED) is 0.631. The summed E-state index contributed by atoms with van der Waals surface area (Å²) in [5, 5.41) is 10.7. The van der Waals surface area contributed by atoms with Crippen LogP contribution < -0.4 is 9.84 Å². The molecule has 0 N–H and O–H groups in total. The second-order valence-electron chi connectivity index (χ2n) is 4.44. The van der Waals surface area contributed by atoms with Gasteiger partial charge in [0.05, 0.1) is 5.97 Å². The number of carboxylic acid groups (broad SMARTS) is 1. The van der Waals surface area contributed by atoms with Crippen LogP contribution in [0.25, 0.3) is 11.1 Å². The Morgan fingerprint density at radius 2 is 1.60 bits per heavy atom. The molecule has 102 valence electrons. The molecule has 2 rings (SSSR count). The molecule has 0 aliphatic rings. The van der Waals surface area contributed by atoms with Gasteiger partial charge in [-0.2, -0.15) is 0 Å². The van der Waals surface area contributed by atoms with E-state index in [0.29, 0.717) is 5.75 Å². The number of esters is 1. The minimum atomic E-state index is -1.20. The van der Waals surface area contributed by atoms with Gasteiger partial charge in [-0.05, 0) is 41.3 Å². The summed E-state index contributed by atoms with van der Waals surface area (Å²) in [5.41, 5.74) is 2.78. The zero-order valence-corrected chi connectivity index (χ0v) is 11.2. The fraction of sp³-hybridized carbons (Fsp3) is 0.125. The van der Waals surface area contributed by atoms with Crippen molar-refractivity contribution >= 4 is 11.9 Å². The number of rotatable bonds is 3. The van der Waals surface area contributed by atoms with Gasteiger partial charge in [0.15, 0.2) is 0 Å². The van der Waals surface area contributed by atoms with Crippen LogP contribution in [0.4, 0.5) is 0 Å². The first-order chi connectivity index (χ1) is 9.47. The summed E-state index contributed by atoms with van der Waals surface area (Å²) in [6.45, 7) is 3.20. The standard InChI is InChI=1S/C16H14O4/c1-10-9-14(7-8-15(10)20-11(2)17)12-3-5-13(6-4-12)16(18)19/h3-9H,1-2H3,(H,18,19)/p-1. The van der Waals surface area contributed by atoms with E-state index in [2.05, 4.69) is 0 Å². The Kier molecular flexibility index (Phi) is 3.84. The lowest BCUT2D eigenvalue weighted by Gasteiger charge is -2.09. The fourth-order valence-corrected chi connectivity index (χ4v) is 1.90. The van der Waals surface area contributed by atoms with Gasteiger partial charge in [0.2, 0.25) is 0 Å². The molecule has 20 heavy (non-hydrogen) atoms. The lowest BCUT2D eigenvalue weighted by molar-refractivity contribution is -0.255. The first-order valence-electron chi connectivity index (χ1n) is 6.08. The third kappa shape index (κ3) is 3.03. The van der Waals surface area contributed by atoms with E-state index in [0.717, 1.165) is 16.7 Å². The van der Waals surface area contributed by atoms with Crippen LogP contribution in [0.15, 0.2) is 42.5 Å². The van der Waals surface area contributed by atoms with Gasteiger partial charge in [-0.3, -0.25) is 4.79 Å². The summed E-state index contributed by atoms with van der Waals surface area (Å²) in [6, 6.07) is 11.8. The van der Waals surface area contributed by atoms with E-state index in [1.165, 1.54) is 19.1 Å². The highest BCUT2D eigenvalue weighted by Crippen LogP contribution is 2.26. The predicted octanol–water partition coefficient (Wildman–Crippen LogP) is 1.95. The maximum Gasteiger partial charge on any atom is 0.308 e. The normalized spacial score (nSPS) is 10.1. The van der Waals surface area contributed by atoms with Crippen molar-refractivity contribution in [2.24, 2.45) is 0 Å². The third-order valence-corrected chi connectivity index (χ3v) is 2.88. The van der Waals surface area contributed by atoms with Crippen molar-refractivity contribution < 1.29 is 19.4 Å². The van der Waals surface area contributed by atoms with Gasteiger partial charge in [0, 0.05) is 6.92 Å². The van der Waals surface area contributed by atoms with Crippen LogP contribution in [0.3, 0.4) is 0 Å². The summed E-state index contributed by atoms with van der Waals surface area (Å²) >= 11 is 0. The average Bonchev–Trinajstić information content (AvgIpc) is 2.41. The minimum Gasteiger partial charge on any atom is -0.545 e. The van der Waals surface area contributed by atoms with E-state index < -0.39 is 5.97 Å². The van der Waals surface area contributed by atoms with Crippen LogP contribution in [0, 0.1) is 6.92 Å². The number of carbonyl (C=O) groups excluding carboxylic acids is 2. The van der Waals surface area contributed by atoms with Gasteiger partial charge in [-0.15, -0.1) is 0 Å². The number of carboxylic acids is 1. The molecular weight excluding hydrogens is 256 g/mol. The molecule has 0 heterocycles. The molecule has 0 fully saturated rings. The molecule has 4 nitrogen and oxygen atoms in total. The van der Waals surface area contributed by atoms with E-state index in [1.54, 1.807) is 18.2 Å². The molecular formula is C16H13O4-. The lowest BCUT2D eigenvalue weighted by Crippen LogP contribution is -2.21. The molecule has 2 aromatic carbocycles. The molecule has 0 aliphatic heterocycles. The number of aromatic carboxylic acids is 1. The fourth-order valence-electron chi connectivity index (χ4n) is 1.90. The summed E-state index contributed by atoms with van der Waals surface area (Å²) in [7, 11) is 0. The van der Waals surface area contributed by atoms with Crippen LogP contribution in [-0.4, -0.2) is 11.9 Å². The topological polar surface area (TPSA) is 66.4 Å². The van der Waals surface area contributed by atoms with Crippen molar-refractivity contribution in [2.45, 2.75) is 13.8 Å². The molecule has 0 aliphatic carbocycles. The summed E-state index contributed by atoms with van der Waals surface area (Å²) < 4.78 is 5.06. The van der Waals surface area contributed by atoms with E-state index >= 15 is 0 Å². The molecule has 0 spiro atoms. The first-order valence-corrected chi connectivity index (χ1v) is 6.08. The third-order valence-electron chi connectivity index (χ3n) is 2.88. The number of hydrogen-bond donors (Lipinski definition) is 0. The first kappa shape index (κ1) is 13.8. The molecule has 2 aromatic rings. The molecule has 0 bridgehead atoms. The second kappa shape index (κ2) is 5.57. The van der Waals surface area contributed by atoms with E-state index in [9.17, 15) is 14.7 Å². The van der Waals surface area contributed by atoms with Gasteiger partial charge in [-0.1, -0.05) is 30.3 Å². The highest BCUT2D eigenvalue weighted by atomic mass is 16.5. The highest BCUT2D eigenvalue weighted by molar-refractivity contribution is 5.86. The molecule has 0 saturated heterocycles. The predicted molar refractivity (Wildman–Crippen MR) is 72.3 cm³/mol. The molecule has 4 heteroatoms. The number of aryl methyl sites for hydroxylation is 1. The van der Waals surface area contributed by atoms with E-state index in [4.69, 9.17) is 4.74 Å². The average molecular weight is 269 g/mol. The largest absolute Gasteiger partial charge is 0.545 e. The Balaban J connectivity index is 2.31.